The van der Waals surface area contributed by atoms with E-state index >= 15 is 0 Å². The zero-order valence-corrected chi connectivity index (χ0v) is 12.5. The Morgan fingerprint density at radius 1 is 1.19 bits per heavy atom. The lowest BCUT2D eigenvalue weighted by Crippen LogP contribution is -2.45. The molecule has 0 unspecified atom stereocenters. The number of piperazine rings is 1. The van der Waals surface area contributed by atoms with Gasteiger partial charge in [0.2, 0.25) is 0 Å². The van der Waals surface area contributed by atoms with E-state index in [1.165, 1.54) is 11.1 Å². The molecule has 1 aliphatic heterocycles. The highest BCUT2D eigenvalue weighted by atomic mass is 15.2. The Hall–Kier alpha value is -1.71. The molecule has 3 nitrogen and oxygen atoms in total. The number of aromatic nitrogens is 1. The second kappa shape index (κ2) is 6.83. The van der Waals surface area contributed by atoms with Gasteiger partial charge in [-0.15, -0.1) is 6.58 Å². The minimum atomic E-state index is 0.398. The summed E-state index contributed by atoms with van der Waals surface area (Å²) in [6, 6.07) is 13.1. The molecule has 0 spiro atoms. The van der Waals surface area contributed by atoms with Gasteiger partial charge in [0.1, 0.15) is 0 Å². The quantitative estimate of drug-likeness (QED) is 0.853. The first-order chi connectivity index (χ1) is 10.4. The Kier molecular flexibility index (Phi) is 4.63. The molecule has 1 atom stereocenters. The summed E-state index contributed by atoms with van der Waals surface area (Å²) in [6.45, 7) is 8.19. The summed E-state index contributed by atoms with van der Waals surface area (Å²) in [5.74, 6) is 0. The number of nitrogens with one attached hydrogen (secondary N) is 1. The predicted molar refractivity (Wildman–Crippen MR) is 88.4 cm³/mol. The number of pyridine rings is 1. The normalized spacial score (nSPS) is 17.7. The van der Waals surface area contributed by atoms with Gasteiger partial charge in [-0.05, 0) is 25.0 Å². The second-order valence-corrected chi connectivity index (χ2v) is 5.60. The molecule has 0 aliphatic carbocycles. The number of benzene rings is 1. The van der Waals surface area contributed by atoms with E-state index in [2.05, 4.69) is 53.2 Å². The van der Waals surface area contributed by atoms with Gasteiger partial charge >= 0.3 is 0 Å². The molecule has 1 aliphatic rings. The summed E-state index contributed by atoms with van der Waals surface area (Å²) in [5, 5.41) is 4.64. The molecule has 1 aromatic carbocycles. The highest BCUT2D eigenvalue weighted by molar-refractivity contribution is 5.78. The molecule has 0 bridgehead atoms. The average Bonchev–Trinajstić information content (AvgIpc) is 2.56. The molecule has 21 heavy (non-hydrogen) atoms. The number of allylic oxidation sites excluding steroid dienone is 1. The van der Waals surface area contributed by atoms with Crippen LogP contribution in [0.4, 0.5) is 0 Å². The Labute approximate surface area is 126 Å². The predicted octanol–water partition coefficient (Wildman–Crippen LogP) is 3.15. The van der Waals surface area contributed by atoms with Gasteiger partial charge in [0.05, 0.1) is 17.3 Å². The Morgan fingerprint density at radius 3 is 2.81 bits per heavy atom. The summed E-state index contributed by atoms with van der Waals surface area (Å²) < 4.78 is 0. The van der Waals surface area contributed by atoms with Crippen molar-refractivity contribution < 1.29 is 0 Å². The molecule has 0 amide bonds. The van der Waals surface area contributed by atoms with E-state index in [1.54, 1.807) is 0 Å². The van der Waals surface area contributed by atoms with Gasteiger partial charge in [0.25, 0.3) is 0 Å². The van der Waals surface area contributed by atoms with E-state index in [-0.39, 0.29) is 0 Å². The van der Waals surface area contributed by atoms with Crippen LogP contribution in [0.1, 0.15) is 24.6 Å². The SMILES string of the molecule is C=CCC[C@@H](c1ccc2ccccc2n1)N1CCNCC1. The van der Waals surface area contributed by atoms with Crippen LogP contribution in [0.25, 0.3) is 10.9 Å². The fraction of sp³-hybridized carbons (Fsp3) is 0.389. The first kappa shape index (κ1) is 14.2. The molecular weight excluding hydrogens is 258 g/mol. The smallest absolute Gasteiger partial charge is 0.0706 e. The lowest BCUT2D eigenvalue weighted by atomic mass is 10.0. The Morgan fingerprint density at radius 2 is 2.00 bits per heavy atom. The van der Waals surface area contributed by atoms with E-state index in [9.17, 15) is 0 Å². The van der Waals surface area contributed by atoms with Crippen molar-refractivity contribution in [1.82, 2.24) is 15.2 Å². The maximum absolute atomic E-state index is 4.91. The van der Waals surface area contributed by atoms with Crippen molar-refractivity contribution in [2.45, 2.75) is 18.9 Å². The summed E-state index contributed by atoms with van der Waals surface area (Å²) in [7, 11) is 0. The highest BCUT2D eigenvalue weighted by Gasteiger charge is 2.22. The van der Waals surface area contributed by atoms with Gasteiger partial charge in [-0.1, -0.05) is 30.3 Å². The number of para-hydroxylation sites is 1. The van der Waals surface area contributed by atoms with E-state index < -0.39 is 0 Å². The molecule has 2 heterocycles. The van der Waals surface area contributed by atoms with Crippen LogP contribution in [-0.2, 0) is 0 Å². The van der Waals surface area contributed by atoms with Crippen molar-refractivity contribution in [3.63, 3.8) is 0 Å². The Bertz CT molecular complexity index is 602. The lowest BCUT2D eigenvalue weighted by molar-refractivity contribution is 0.163. The van der Waals surface area contributed by atoms with Crippen LogP contribution >= 0.6 is 0 Å². The molecule has 1 aromatic heterocycles. The molecule has 2 aromatic rings. The summed E-state index contributed by atoms with van der Waals surface area (Å²) >= 11 is 0. The van der Waals surface area contributed by atoms with E-state index in [4.69, 9.17) is 4.98 Å². The summed E-state index contributed by atoms with van der Waals surface area (Å²) in [5.41, 5.74) is 2.28. The standard InChI is InChI=1S/C18H23N3/c1-2-3-8-18(21-13-11-19-12-14-21)17-10-9-15-6-4-5-7-16(15)20-17/h2,4-7,9-10,18-19H,1,3,8,11-14H2/t18-/m0/s1. The fourth-order valence-corrected chi connectivity index (χ4v) is 3.05. The van der Waals surface area contributed by atoms with Gasteiger partial charge < -0.3 is 5.32 Å². The third kappa shape index (κ3) is 3.31. The van der Waals surface area contributed by atoms with Crippen molar-refractivity contribution in [1.29, 1.82) is 0 Å². The van der Waals surface area contributed by atoms with Crippen LogP contribution in [0.2, 0.25) is 0 Å². The monoisotopic (exact) mass is 281 g/mol. The maximum atomic E-state index is 4.91. The third-order valence-corrected chi connectivity index (χ3v) is 4.20. The number of nitrogens with zero attached hydrogens (tertiary/aromatic N) is 2. The van der Waals surface area contributed by atoms with Gasteiger partial charge in [0.15, 0.2) is 0 Å². The summed E-state index contributed by atoms with van der Waals surface area (Å²) in [6.07, 6.45) is 4.13. The van der Waals surface area contributed by atoms with Gasteiger partial charge in [-0.3, -0.25) is 9.88 Å². The summed E-state index contributed by atoms with van der Waals surface area (Å²) in [4.78, 5) is 7.46. The molecule has 0 radical (unpaired) electrons. The number of hydrogen-bond acceptors (Lipinski definition) is 3. The topological polar surface area (TPSA) is 28.2 Å². The molecule has 110 valence electrons. The van der Waals surface area contributed by atoms with Crippen molar-refractivity contribution >= 4 is 10.9 Å². The lowest BCUT2D eigenvalue weighted by Gasteiger charge is -2.34. The molecule has 1 fully saturated rings. The molecule has 3 rings (SSSR count). The zero-order chi connectivity index (χ0) is 14.5. The third-order valence-electron chi connectivity index (χ3n) is 4.20. The molecule has 1 saturated heterocycles. The number of rotatable bonds is 5. The van der Waals surface area contributed by atoms with E-state index in [0.717, 1.165) is 44.5 Å². The Balaban J connectivity index is 1.90. The number of fused-ring (bicyclic) bond motifs is 1. The minimum Gasteiger partial charge on any atom is -0.314 e. The van der Waals surface area contributed by atoms with Gasteiger partial charge in [-0.2, -0.15) is 0 Å². The van der Waals surface area contributed by atoms with E-state index in [0.29, 0.717) is 6.04 Å². The molecule has 1 N–H and O–H groups in total. The van der Waals surface area contributed by atoms with Crippen LogP contribution in [0.3, 0.4) is 0 Å². The molecule has 3 heteroatoms. The highest BCUT2D eigenvalue weighted by Crippen LogP contribution is 2.26. The first-order valence-corrected chi connectivity index (χ1v) is 7.80. The largest absolute Gasteiger partial charge is 0.314 e. The van der Waals surface area contributed by atoms with Gasteiger partial charge in [-0.25, -0.2) is 0 Å². The van der Waals surface area contributed by atoms with Crippen molar-refractivity contribution in [3.8, 4) is 0 Å². The van der Waals surface area contributed by atoms with Crippen molar-refractivity contribution in [3.05, 3.63) is 54.7 Å². The van der Waals surface area contributed by atoms with E-state index in [1.807, 2.05) is 6.08 Å². The second-order valence-electron chi connectivity index (χ2n) is 5.60. The van der Waals surface area contributed by atoms with Crippen molar-refractivity contribution in [2.24, 2.45) is 0 Å². The molecular formula is C18H23N3. The van der Waals surface area contributed by atoms with Crippen LogP contribution in [0.5, 0.6) is 0 Å². The van der Waals surface area contributed by atoms with Crippen LogP contribution < -0.4 is 5.32 Å². The fourth-order valence-electron chi connectivity index (χ4n) is 3.05. The van der Waals surface area contributed by atoms with Gasteiger partial charge in [0, 0.05) is 31.6 Å². The average molecular weight is 281 g/mol. The zero-order valence-electron chi connectivity index (χ0n) is 12.5. The maximum Gasteiger partial charge on any atom is 0.0706 e. The van der Waals surface area contributed by atoms with Crippen molar-refractivity contribution in [2.75, 3.05) is 26.2 Å². The van der Waals surface area contributed by atoms with Crippen LogP contribution in [0, 0.1) is 0 Å². The first-order valence-electron chi connectivity index (χ1n) is 7.80. The minimum absolute atomic E-state index is 0.398. The van der Waals surface area contributed by atoms with Crippen LogP contribution in [-0.4, -0.2) is 36.1 Å². The van der Waals surface area contributed by atoms with Crippen LogP contribution in [0.15, 0.2) is 49.1 Å². The number of hydrogen-bond donors (Lipinski definition) is 1. The molecule has 0 saturated carbocycles.